The van der Waals surface area contributed by atoms with Crippen molar-refractivity contribution in [3.8, 4) is 0 Å². The molecule has 1 aliphatic rings. The minimum absolute atomic E-state index is 0.00880. The van der Waals surface area contributed by atoms with Gasteiger partial charge in [-0.05, 0) is 48.3 Å². The first-order chi connectivity index (χ1) is 13.0. The van der Waals surface area contributed by atoms with Gasteiger partial charge < -0.3 is 4.74 Å². The van der Waals surface area contributed by atoms with E-state index in [1.54, 1.807) is 19.1 Å². The molecule has 6 heteroatoms. The molecule has 0 spiro atoms. The van der Waals surface area contributed by atoms with E-state index in [9.17, 15) is 19.7 Å². The number of ketones is 1. The number of rotatable bonds is 5. The fourth-order valence-corrected chi connectivity index (χ4v) is 3.39. The van der Waals surface area contributed by atoms with Gasteiger partial charge in [-0.2, -0.15) is 0 Å². The van der Waals surface area contributed by atoms with Gasteiger partial charge in [-0.1, -0.05) is 30.3 Å². The Hall–Kier alpha value is -3.28. The number of nitrogens with zero attached hydrogens (tertiary/aromatic N) is 1. The van der Waals surface area contributed by atoms with Gasteiger partial charge in [0.2, 0.25) is 0 Å². The van der Waals surface area contributed by atoms with Crippen molar-refractivity contribution in [3.63, 3.8) is 0 Å². The number of non-ortho nitro benzene ring substituents is 1. The van der Waals surface area contributed by atoms with Crippen LogP contribution in [0.15, 0.2) is 60.7 Å². The highest BCUT2D eigenvalue weighted by Crippen LogP contribution is 2.40. The van der Waals surface area contributed by atoms with Gasteiger partial charge in [0.15, 0.2) is 5.78 Å². The van der Waals surface area contributed by atoms with Gasteiger partial charge >= 0.3 is 5.97 Å². The molecular formula is C21H19NO5. The molecule has 0 aromatic heterocycles. The standard InChI is InChI=1S/C21H19NO5/c1-2-27-21(24)20-18(15-6-4-3-5-7-15)12-16(13-19(20)23)14-8-10-17(11-9-14)22(25)26/h3-11,13,18,20H,2,12H2,1H3/t18-,20+/m1/s1. The lowest BCUT2D eigenvalue weighted by Crippen LogP contribution is -2.34. The van der Waals surface area contributed by atoms with Crippen LogP contribution in [-0.4, -0.2) is 23.3 Å². The summed E-state index contributed by atoms with van der Waals surface area (Å²) in [6.45, 7) is 1.92. The van der Waals surface area contributed by atoms with E-state index < -0.39 is 16.8 Å². The van der Waals surface area contributed by atoms with Crippen molar-refractivity contribution >= 4 is 23.0 Å². The molecule has 0 aliphatic heterocycles. The molecule has 0 unspecified atom stereocenters. The highest BCUT2D eigenvalue weighted by Gasteiger charge is 2.39. The lowest BCUT2D eigenvalue weighted by atomic mass is 9.73. The van der Waals surface area contributed by atoms with Crippen molar-refractivity contribution < 1.29 is 19.2 Å². The van der Waals surface area contributed by atoms with E-state index in [1.807, 2.05) is 30.3 Å². The first-order valence-corrected chi connectivity index (χ1v) is 8.72. The van der Waals surface area contributed by atoms with E-state index in [1.165, 1.54) is 18.2 Å². The number of nitro groups is 1. The van der Waals surface area contributed by atoms with E-state index in [4.69, 9.17) is 4.74 Å². The predicted molar refractivity (Wildman–Crippen MR) is 100 cm³/mol. The summed E-state index contributed by atoms with van der Waals surface area (Å²) in [4.78, 5) is 35.6. The van der Waals surface area contributed by atoms with Crippen LogP contribution in [0.3, 0.4) is 0 Å². The molecule has 6 nitrogen and oxygen atoms in total. The third-order valence-corrected chi connectivity index (χ3v) is 4.68. The van der Waals surface area contributed by atoms with Gasteiger partial charge in [0.25, 0.3) is 5.69 Å². The second-order valence-corrected chi connectivity index (χ2v) is 6.33. The first kappa shape index (κ1) is 18.5. The smallest absolute Gasteiger partial charge is 0.317 e. The second-order valence-electron chi connectivity index (χ2n) is 6.33. The normalized spacial score (nSPS) is 19.3. The average molecular weight is 365 g/mol. The number of hydrogen-bond donors (Lipinski definition) is 0. The van der Waals surface area contributed by atoms with E-state index in [2.05, 4.69) is 0 Å². The van der Waals surface area contributed by atoms with Crippen molar-refractivity contribution in [1.82, 2.24) is 0 Å². The summed E-state index contributed by atoms with van der Waals surface area (Å²) in [5.41, 5.74) is 2.36. The molecule has 0 heterocycles. The third kappa shape index (κ3) is 3.95. The van der Waals surface area contributed by atoms with Crippen molar-refractivity contribution in [2.45, 2.75) is 19.3 Å². The maximum Gasteiger partial charge on any atom is 0.317 e. The monoisotopic (exact) mass is 365 g/mol. The summed E-state index contributed by atoms with van der Waals surface area (Å²) in [5, 5.41) is 10.8. The Labute approximate surface area is 156 Å². The molecule has 3 rings (SSSR count). The maximum atomic E-state index is 12.8. The lowest BCUT2D eigenvalue weighted by molar-refractivity contribution is -0.384. The summed E-state index contributed by atoms with van der Waals surface area (Å²) in [7, 11) is 0. The van der Waals surface area contributed by atoms with Crippen LogP contribution >= 0.6 is 0 Å². The summed E-state index contributed by atoms with van der Waals surface area (Å²) < 4.78 is 5.12. The number of carbonyl (C=O) groups excluding carboxylic acids is 2. The fourth-order valence-electron chi connectivity index (χ4n) is 3.39. The van der Waals surface area contributed by atoms with Crippen molar-refractivity contribution in [3.05, 3.63) is 81.9 Å². The molecule has 2 aromatic carbocycles. The first-order valence-electron chi connectivity index (χ1n) is 8.72. The Morgan fingerprint density at radius 1 is 1.15 bits per heavy atom. The quantitative estimate of drug-likeness (QED) is 0.347. The van der Waals surface area contributed by atoms with Crippen LogP contribution in [0, 0.1) is 16.0 Å². The van der Waals surface area contributed by atoms with Crippen LogP contribution < -0.4 is 0 Å². The van der Waals surface area contributed by atoms with Crippen LogP contribution in [-0.2, 0) is 14.3 Å². The van der Waals surface area contributed by atoms with Crippen molar-refractivity contribution in [2.24, 2.45) is 5.92 Å². The summed E-state index contributed by atoms with van der Waals surface area (Å²) in [6, 6.07) is 15.5. The highest BCUT2D eigenvalue weighted by molar-refractivity contribution is 6.10. The number of hydrogen-bond acceptors (Lipinski definition) is 5. The number of benzene rings is 2. The van der Waals surface area contributed by atoms with Gasteiger partial charge in [-0.25, -0.2) is 0 Å². The molecule has 138 valence electrons. The van der Waals surface area contributed by atoms with E-state index in [0.29, 0.717) is 6.42 Å². The average Bonchev–Trinajstić information content (AvgIpc) is 2.68. The van der Waals surface area contributed by atoms with Gasteiger partial charge in [0, 0.05) is 18.1 Å². The molecule has 0 saturated heterocycles. The molecule has 1 aliphatic carbocycles. The SMILES string of the molecule is CCOC(=O)[C@@H]1C(=O)C=C(c2ccc([N+](=O)[O-])cc2)C[C@@H]1c1ccccc1. The number of allylic oxidation sites excluding steroid dienone is 2. The Morgan fingerprint density at radius 2 is 1.81 bits per heavy atom. The van der Waals surface area contributed by atoms with Crippen LogP contribution in [0.2, 0.25) is 0 Å². The number of carbonyl (C=O) groups is 2. The molecule has 0 fully saturated rings. The van der Waals surface area contributed by atoms with E-state index >= 15 is 0 Å². The summed E-state index contributed by atoms with van der Waals surface area (Å²) in [6.07, 6.45) is 1.93. The van der Waals surface area contributed by atoms with Crippen LogP contribution in [0.5, 0.6) is 0 Å². The zero-order valence-corrected chi connectivity index (χ0v) is 14.8. The largest absolute Gasteiger partial charge is 0.465 e. The molecule has 2 aromatic rings. The summed E-state index contributed by atoms with van der Waals surface area (Å²) in [5.74, 6) is -2.04. The number of nitro benzene ring substituents is 1. The Bertz CT molecular complexity index is 887. The second kappa shape index (κ2) is 7.95. The maximum absolute atomic E-state index is 12.8. The Morgan fingerprint density at radius 3 is 2.41 bits per heavy atom. The van der Waals surface area contributed by atoms with Gasteiger partial charge in [0.05, 0.1) is 11.5 Å². The molecular weight excluding hydrogens is 346 g/mol. The Kier molecular flexibility index (Phi) is 5.45. The van der Waals surface area contributed by atoms with Gasteiger partial charge in [-0.15, -0.1) is 0 Å². The zero-order valence-electron chi connectivity index (χ0n) is 14.8. The van der Waals surface area contributed by atoms with Crippen molar-refractivity contribution in [1.29, 1.82) is 0 Å². The third-order valence-electron chi connectivity index (χ3n) is 4.68. The molecule has 27 heavy (non-hydrogen) atoms. The topological polar surface area (TPSA) is 86.5 Å². The molecule has 0 N–H and O–H groups in total. The van der Waals surface area contributed by atoms with Gasteiger partial charge in [-0.3, -0.25) is 19.7 Å². The van der Waals surface area contributed by atoms with Crippen LogP contribution in [0.4, 0.5) is 5.69 Å². The summed E-state index contributed by atoms with van der Waals surface area (Å²) >= 11 is 0. The molecule has 0 saturated carbocycles. The number of esters is 1. The molecule has 0 radical (unpaired) electrons. The Balaban J connectivity index is 1.98. The van der Waals surface area contributed by atoms with Gasteiger partial charge in [0.1, 0.15) is 5.92 Å². The van der Waals surface area contributed by atoms with E-state index in [-0.39, 0.29) is 24.0 Å². The molecule has 0 amide bonds. The van der Waals surface area contributed by atoms with Crippen LogP contribution in [0.1, 0.15) is 30.4 Å². The minimum Gasteiger partial charge on any atom is -0.465 e. The zero-order chi connectivity index (χ0) is 19.4. The van der Waals surface area contributed by atoms with Crippen molar-refractivity contribution in [2.75, 3.05) is 6.61 Å². The lowest BCUT2D eigenvalue weighted by Gasteiger charge is -2.29. The molecule has 2 atom stereocenters. The molecule has 0 bridgehead atoms. The van der Waals surface area contributed by atoms with Crippen LogP contribution in [0.25, 0.3) is 5.57 Å². The predicted octanol–water partition coefficient (Wildman–Crippen LogP) is 3.91. The number of ether oxygens (including phenoxy) is 1. The minimum atomic E-state index is -0.880. The fraction of sp³-hybridized carbons (Fsp3) is 0.238. The van der Waals surface area contributed by atoms with E-state index in [0.717, 1.165) is 16.7 Å². The highest BCUT2D eigenvalue weighted by atomic mass is 16.6.